The number of carboxylic acid groups (broad SMARTS) is 1. The summed E-state index contributed by atoms with van der Waals surface area (Å²) in [5.74, 6) is -0.874. The Morgan fingerprint density at radius 1 is 1.67 bits per heavy atom. The summed E-state index contributed by atoms with van der Waals surface area (Å²) in [5, 5.41) is 11.4. The molecule has 0 saturated heterocycles. The molecule has 2 unspecified atom stereocenters. The third-order valence-corrected chi connectivity index (χ3v) is 1.46. The van der Waals surface area contributed by atoms with E-state index in [1.54, 1.807) is 6.92 Å². The molecule has 0 aromatic rings. The second kappa shape index (κ2) is 5.93. The summed E-state index contributed by atoms with van der Waals surface area (Å²) in [6.45, 7) is 2.21. The van der Waals surface area contributed by atoms with Crippen molar-refractivity contribution in [2.24, 2.45) is 11.5 Å². The smallest absolute Gasteiger partial charge is 0.320 e. The Morgan fingerprint density at radius 2 is 2.25 bits per heavy atom. The van der Waals surface area contributed by atoms with Gasteiger partial charge in [-0.15, -0.1) is 0 Å². The molecule has 0 bridgehead atoms. The Balaban J connectivity index is 3.78. The van der Waals surface area contributed by atoms with Gasteiger partial charge in [0.2, 0.25) is 0 Å². The third-order valence-electron chi connectivity index (χ3n) is 1.46. The molecule has 2 atom stereocenters. The fourth-order valence-corrected chi connectivity index (χ4v) is 0.917. The maximum absolute atomic E-state index is 10.6. The zero-order chi connectivity index (χ0) is 9.56. The Labute approximate surface area is 72.1 Å². The Kier molecular flexibility index (Phi) is 5.61. The summed E-state index contributed by atoms with van der Waals surface area (Å²) in [6, 6.07) is -0.575. The second-order valence-corrected chi connectivity index (χ2v) is 2.78. The van der Waals surface area contributed by atoms with Crippen molar-refractivity contribution < 1.29 is 9.90 Å². The molecule has 72 valence electrons. The van der Waals surface area contributed by atoms with Crippen molar-refractivity contribution in [3.05, 3.63) is 0 Å². The highest BCUT2D eigenvalue weighted by atomic mass is 16.4. The first-order valence-corrected chi connectivity index (χ1v) is 4.02. The van der Waals surface area contributed by atoms with Gasteiger partial charge in [0.05, 0.1) is 6.17 Å². The SMILES string of the molecule is CC(N)NC(CCCN)C(=O)O. The molecule has 0 aromatic heterocycles. The summed E-state index contributed by atoms with van der Waals surface area (Å²) >= 11 is 0. The topological polar surface area (TPSA) is 101 Å². The van der Waals surface area contributed by atoms with Crippen LogP contribution in [0.4, 0.5) is 0 Å². The van der Waals surface area contributed by atoms with E-state index >= 15 is 0 Å². The molecule has 0 aliphatic rings. The van der Waals surface area contributed by atoms with Crippen molar-refractivity contribution in [3.63, 3.8) is 0 Å². The fourth-order valence-electron chi connectivity index (χ4n) is 0.917. The van der Waals surface area contributed by atoms with Crippen LogP contribution in [0.3, 0.4) is 0 Å². The molecule has 0 aromatic carbocycles. The molecular formula is C7H17N3O2. The molecule has 0 amide bonds. The van der Waals surface area contributed by atoms with Crippen LogP contribution < -0.4 is 16.8 Å². The van der Waals surface area contributed by atoms with Crippen molar-refractivity contribution >= 4 is 5.97 Å². The predicted molar refractivity (Wildman–Crippen MR) is 46.5 cm³/mol. The van der Waals surface area contributed by atoms with Gasteiger partial charge in [0.25, 0.3) is 0 Å². The van der Waals surface area contributed by atoms with Gasteiger partial charge in [-0.1, -0.05) is 0 Å². The lowest BCUT2D eigenvalue weighted by Gasteiger charge is -2.16. The van der Waals surface area contributed by atoms with E-state index in [1.807, 2.05) is 0 Å². The summed E-state index contributed by atoms with van der Waals surface area (Å²) in [4.78, 5) is 10.6. The van der Waals surface area contributed by atoms with Gasteiger partial charge in [-0.05, 0) is 26.3 Å². The maximum Gasteiger partial charge on any atom is 0.320 e. The van der Waals surface area contributed by atoms with Gasteiger partial charge in [0, 0.05) is 0 Å². The highest BCUT2D eigenvalue weighted by Crippen LogP contribution is 1.96. The van der Waals surface area contributed by atoms with E-state index in [0.717, 1.165) is 0 Å². The molecule has 0 saturated carbocycles. The minimum Gasteiger partial charge on any atom is -0.480 e. The van der Waals surface area contributed by atoms with Crippen molar-refractivity contribution in [1.29, 1.82) is 0 Å². The van der Waals surface area contributed by atoms with Crippen LogP contribution in [0.2, 0.25) is 0 Å². The van der Waals surface area contributed by atoms with Crippen LogP contribution in [0, 0.1) is 0 Å². The largest absolute Gasteiger partial charge is 0.480 e. The number of carbonyl (C=O) groups is 1. The van der Waals surface area contributed by atoms with E-state index in [2.05, 4.69) is 5.32 Å². The van der Waals surface area contributed by atoms with Crippen LogP contribution in [0.15, 0.2) is 0 Å². The van der Waals surface area contributed by atoms with Gasteiger partial charge in [0.15, 0.2) is 0 Å². The van der Waals surface area contributed by atoms with E-state index in [0.29, 0.717) is 19.4 Å². The summed E-state index contributed by atoms with van der Waals surface area (Å²) in [6.07, 6.45) is 0.910. The first kappa shape index (κ1) is 11.4. The molecule has 0 fully saturated rings. The van der Waals surface area contributed by atoms with Crippen molar-refractivity contribution in [2.45, 2.75) is 32.0 Å². The second-order valence-electron chi connectivity index (χ2n) is 2.78. The lowest BCUT2D eigenvalue weighted by atomic mass is 10.1. The molecule has 0 rings (SSSR count). The van der Waals surface area contributed by atoms with Gasteiger partial charge in [-0.3, -0.25) is 10.1 Å². The van der Waals surface area contributed by atoms with Crippen LogP contribution in [-0.2, 0) is 4.79 Å². The Hall–Kier alpha value is -0.650. The minimum atomic E-state index is -0.874. The van der Waals surface area contributed by atoms with Crippen LogP contribution in [0.5, 0.6) is 0 Å². The zero-order valence-electron chi connectivity index (χ0n) is 7.29. The number of carboxylic acids is 1. The number of nitrogens with one attached hydrogen (secondary N) is 1. The van der Waals surface area contributed by atoms with Crippen molar-refractivity contribution in [2.75, 3.05) is 6.54 Å². The molecule has 0 aliphatic carbocycles. The number of hydrogen-bond donors (Lipinski definition) is 4. The van der Waals surface area contributed by atoms with Gasteiger partial charge in [0.1, 0.15) is 6.04 Å². The zero-order valence-corrected chi connectivity index (χ0v) is 7.29. The van der Waals surface area contributed by atoms with Crippen LogP contribution in [-0.4, -0.2) is 29.8 Å². The molecule has 0 radical (unpaired) electrons. The number of nitrogens with two attached hydrogens (primary N) is 2. The number of hydrogen-bond acceptors (Lipinski definition) is 4. The highest BCUT2D eigenvalue weighted by Gasteiger charge is 2.16. The van der Waals surface area contributed by atoms with Crippen LogP contribution in [0.1, 0.15) is 19.8 Å². The van der Waals surface area contributed by atoms with Crippen molar-refractivity contribution in [1.82, 2.24) is 5.32 Å². The number of rotatable bonds is 6. The van der Waals surface area contributed by atoms with Gasteiger partial charge < -0.3 is 16.6 Å². The molecule has 5 heteroatoms. The van der Waals surface area contributed by atoms with Crippen LogP contribution in [0.25, 0.3) is 0 Å². The minimum absolute atomic E-state index is 0.302. The number of aliphatic carboxylic acids is 1. The molecule has 0 spiro atoms. The monoisotopic (exact) mass is 175 g/mol. The molecular weight excluding hydrogens is 158 g/mol. The maximum atomic E-state index is 10.6. The van der Waals surface area contributed by atoms with E-state index < -0.39 is 12.0 Å². The van der Waals surface area contributed by atoms with Gasteiger partial charge in [-0.2, -0.15) is 0 Å². The summed E-state index contributed by atoms with van der Waals surface area (Å²) in [7, 11) is 0. The van der Waals surface area contributed by atoms with E-state index in [-0.39, 0.29) is 6.17 Å². The molecule has 0 aliphatic heterocycles. The molecule has 5 nitrogen and oxygen atoms in total. The molecule has 0 heterocycles. The van der Waals surface area contributed by atoms with Crippen molar-refractivity contribution in [3.8, 4) is 0 Å². The summed E-state index contributed by atoms with van der Waals surface area (Å²) in [5.41, 5.74) is 10.7. The lowest BCUT2D eigenvalue weighted by molar-refractivity contribution is -0.139. The third kappa shape index (κ3) is 5.06. The average Bonchev–Trinajstić information content (AvgIpc) is 1.96. The van der Waals surface area contributed by atoms with E-state index in [1.165, 1.54) is 0 Å². The lowest BCUT2D eigenvalue weighted by Crippen LogP contribution is -2.46. The normalized spacial score (nSPS) is 15.6. The first-order valence-electron chi connectivity index (χ1n) is 4.02. The predicted octanol–water partition coefficient (Wildman–Crippen LogP) is -0.927. The first-order chi connectivity index (χ1) is 5.57. The van der Waals surface area contributed by atoms with Gasteiger partial charge >= 0.3 is 5.97 Å². The van der Waals surface area contributed by atoms with Gasteiger partial charge in [-0.25, -0.2) is 0 Å². The average molecular weight is 175 g/mol. The quantitative estimate of drug-likeness (QED) is 0.391. The highest BCUT2D eigenvalue weighted by molar-refractivity contribution is 5.73. The Morgan fingerprint density at radius 3 is 2.58 bits per heavy atom. The van der Waals surface area contributed by atoms with Crippen LogP contribution >= 0.6 is 0 Å². The van der Waals surface area contributed by atoms with E-state index in [9.17, 15) is 4.79 Å². The standard InChI is InChI=1S/C7H17N3O2/c1-5(9)10-6(7(11)12)3-2-4-8/h5-6,10H,2-4,8-9H2,1H3,(H,11,12). The summed E-state index contributed by atoms with van der Waals surface area (Å²) < 4.78 is 0. The van der Waals surface area contributed by atoms with E-state index in [4.69, 9.17) is 16.6 Å². The fraction of sp³-hybridized carbons (Fsp3) is 0.857. The molecule has 6 N–H and O–H groups in total. The molecule has 12 heavy (non-hydrogen) atoms. The Bertz CT molecular complexity index is 139.